The molecule has 2 aromatic carbocycles. The molecule has 34 heavy (non-hydrogen) atoms. The van der Waals surface area contributed by atoms with Crippen LogP contribution < -0.4 is 5.32 Å². The molecule has 0 spiro atoms. The lowest BCUT2D eigenvalue weighted by atomic mass is 10.0. The van der Waals surface area contributed by atoms with E-state index in [9.17, 15) is 4.57 Å². The van der Waals surface area contributed by atoms with Crippen molar-refractivity contribution in [3.8, 4) is 11.4 Å². The number of unbranched alkanes of at least 4 members (excludes halogenated alkanes) is 1. The quantitative estimate of drug-likeness (QED) is 0.200. The van der Waals surface area contributed by atoms with Gasteiger partial charge in [-0.1, -0.05) is 47.6 Å². The predicted octanol–water partition coefficient (Wildman–Crippen LogP) is 4.51. The third-order valence-electron chi connectivity index (χ3n) is 5.63. The third kappa shape index (κ3) is 6.81. The Hall–Kier alpha value is -2.90. The number of hydrogen-bond donors (Lipinski definition) is 3. The molecule has 4 rings (SSSR count). The lowest BCUT2D eigenvalue weighted by Gasteiger charge is -2.10. The van der Waals surface area contributed by atoms with Crippen LogP contribution in [0.3, 0.4) is 0 Å². The lowest BCUT2D eigenvalue weighted by Crippen LogP contribution is -2.16. The molecular weight excluding hydrogens is 451 g/mol. The predicted molar refractivity (Wildman–Crippen MR) is 131 cm³/mol. The molecule has 0 atom stereocenters. The first-order valence-corrected chi connectivity index (χ1v) is 13.3. The zero-order chi connectivity index (χ0) is 23.8. The van der Waals surface area contributed by atoms with Gasteiger partial charge >= 0.3 is 7.60 Å². The van der Waals surface area contributed by atoms with Crippen molar-refractivity contribution in [2.24, 2.45) is 0 Å². The second-order valence-corrected chi connectivity index (χ2v) is 10.1. The Morgan fingerprint density at radius 1 is 0.941 bits per heavy atom. The molecule has 2 aromatic heterocycles. The average Bonchev–Trinajstić information content (AvgIpc) is 3.30. The smallest absolute Gasteiger partial charge is 0.325 e. The van der Waals surface area contributed by atoms with Crippen molar-refractivity contribution in [2.75, 3.05) is 12.7 Å². The van der Waals surface area contributed by atoms with E-state index in [-0.39, 0.29) is 6.16 Å². The molecule has 2 heterocycles. The molecule has 0 aliphatic heterocycles. The summed E-state index contributed by atoms with van der Waals surface area (Å²) >= 11 is 0. The number of benzene rings is 2. The van der Waals surface area contributed by atoms with Crippen LogP contribution in [0.15, 0.2) is 65.3 Å². The number of rotatable bonds is 12. The van der Waals surface area contributed by atoms with E-state index < -0.39 is 7.60 Å². The highest BCUT2D eigenvalue weighted by atomic mass is 31.2. The second-order valence-electron chi connectivity index (χ2n) is 8.29. The Balaban J connectivity index is 1.38. The number of hydrogen-bond acceptors (Lipinski definition) is 6. The van der Waals surface area contributed by atoms with Crippen LogP contribution in [0.2, 0.25) is 0 Å². The number of nitrogens with one attached hydrogen (secondary N) is 1. The molecular formula is C25H29N4O4P. The van der Waals surface area contributed by atoms with Gasteiger partial charge in [0.05, 0.1) is 11.7 Å². The van der Waals surface area contributed by atoms with Gasteiger partial charge in [0.15, 0.2) is 0 Å². The van der Waals surface area contributed by atoms with Crippen LogP contribution in [0.5, 0.6) is 0 Å². The number of nitrogens with zero attached hydrogens (tertiary/aromatic N) is 3. The highest BCUT2D eigenvalue weighted by Gasteiger charge is 2.15. The Labute approximate surface area is 198 Å². The molecule has 8 nitrogen and oxygen atoms in total. The monoisotopic (exact) mass is 480 g/mol. The molecule has 0 unspecified atom stereocenters. The zero-order valence-corrected chi connectivity index (χ0v) is 19.8. The van der Waals surface area contributed by atoms with Crippen molar-refractivity contribution in [1.82, 2.24) is 20.4 Å². The van der Waals surface area contributed by atoms with E-state index in [1.54, 1.807) is 6.20 Å². The van der Waals surface area contributed by atoms with Crippen molar-refractivity contribution >= 4 is 18.5 Å². The molecule has 0 aliphatic rings. The van der Waals surface area contributed by atoms with Gasteiger partial charge in [0.1, 0.15) is 0 Å². The topological polar surface area (TPSA) is 121 Å². The molecule has 0 saturated heterocycles. The Kier molecular flexibility index (Phi) is 8.19. The highest BCUT2D eigenvalue weighted by Crippen LogP contribution is 2.34. The van der Waals surface area contributed by atoms with Gasteiger partial charge in [-0.25, -0.2) is 0 Å². The van der Waals surface area contributed by atoms with Gasteiger partial charge in [0.2, 0.25) is 11.7 Å². The van der Waals surface area contributed by atoms with Gasteiger partial charge in [-0.3, -0.25) is 9.55 Å². The van der Waals surface area contributed by atoms with Gasteiger partial charge in [-0.05, 0) is 55.5 Å². The standard InChI is InChI=1S/C25H29N4O4P/c30-34(31,32)17-7-15-26-18-20-13-14-22(21-11-6-16-27-24(20)21)25-28-23(33-29-25)12-5-4-10-19-8-2-1-3-9-19/h1-3,6,8-9,11,13-14,16,26H,4-5,7,10,12,15,17-18H2,(H2,30,31,32). The fourth-order valence-corrected chi connectivity index (χ4v) is 4.49. The minimum atomic E-state index is -3.95. The molecule has 0 bridgehead atoms. The molecule has 4 aromatic rings. The van der Waals surface area contributed by atoms with Crippen molar-refractivity contribution in [2.45, 2.75) is 38.6 Å². The summed E-state index contributed by atoms with van der Waals surface area (Å²) in [7, 11) is -3.95. The van der Waals surface area contributed by atoms with E-state index in [1.807, 2.05) is 30.3 Å². The Bertz CT molecular complexity index is 1260. The van der Waals surface area contributed by atoms with Crippen molar-refractivity contribution in [3.63, 3.8) is 0 Å². The summed E-state index contributed by atoms with van der Waals surface area (Å²) in [5.41, 5.74) is 4.05. The van der Waals surface area contributed by atoms with Crippen LogP contribution in [0.25, 0.3) is 22.3 Å². The molecule has 0 fully saturated rings. The third-order valence-corrected chi connectivity index (χ3v) is 6.53. The van der Waals surface area contributed by atoms with Crippen LogP contribution in [-0.4, -0.2) is 37.6 Å². The Morgan fingerprint density at radius 2 is 1.76 bits per heavy atom. The normalized spacial score (nSPS) is 11.8. The van der Waals surface area contributed by atoms with Crippen LogP contribution in [0, 0.1) is 0 Å². The average molecular weight is 481 g/mol. The number of pyridine rings is 1. The first-order chi connectivity index (χ1) is 16.5. The summed E-state index contributed by atoms with van der Waals surface area (Å²) in [6.45, 7) is 1.06. The summed E-state index contributed by atoms with van der Waals surface area (Å²) in [6.07, 6.45) is 5.85. The van der Waals surface area contributed by atoms with Crippen LogP contribution in [0.4, 0.5) is 0 Å². The molecule has 9 heteroatoms. The summed E-state index contributed by atoms with van der Waals surface area (Å²) in [5, 5.41) is 8.38. The largest absolute Gasteiger partial charge is 0.339 e. The van der Waals surface area contributed by atoms with Gasteiger partial charge < -0.3 is 19.6 Å². The summed E-state index contributed by atoms with van der Waals surface area (Å²) < 4.78 is 16.5. The van der Waals surface area contributed by atoms with E-state index in [0.717, 1.165) is 47.7 Å². The molecule has 0 radical (unpaired) electrons. The van der Waals surface area contributed by atoms with Crippen molar-refractivity contribution < 1.29 is 18.9 Å². The molecule has 0 amide bonds. The van der Waals surface area contributed by atoms with Crippen LogP contribution in [0.1, 0.15) is 36.3 Å². The van der Waals surface area contributed by atoms with E-state index in [0.29, 0.717) is 31.2 Å². The summed E-state index contributed by atoms with van der Waals surface area (Å²) in [4.78, 5) is 27.1. The van der Waals surface area contributed by atoms with Crippen molar-refractivity contribution in [1.29, 1.82) is 0 Å². The fourth-order valence-electron chi connectivity index (χ4n) is 3.92. The van der Waals surface area contributed by atoms with E-state index in [1.165, 1.54) is 5.56 Å². The fraction of sp³-hybridized carbons (Fsp3) is 0.320. The van der Waals surface area contributed by atoms with E-state index in [4.69, 9.17) is 14.3 Å². The second kappa shape index (κ2) is 11.5. The maximum absolute atomic E-state index is 11.0. The number of aryl methyl sites for hydroxylation is 2. The molecule has 3 N–H and O–H groups in total. The van der Waals surface area contributed by atoms with Crippen LogP contribution >= 0.6 is 7.60 Å². The SMILES string of the molecule is O=P(O)(O)CCCNCc1ccc(-c2noc(CCCCc3ccccc3)n2)c2cccnc12. The summed E-state index contributed by atoms with van der Waals surface area (Å²) in [6, 6.07) is 18.3. The lowest BCUT2D eigenvalue weighted by molar-refractivity contribution is 0.371. The Morgan fingerprint density at radius 3 is 2.59 bits per heavy atom. The van der Waals surface area contributed by atoms with Gasteiger partial charge in [-0.15, -0.1) is 0 Å². The van der Waals surface area contributed by atoms with Gasteiger partial charge in [0.25, 0.3) is 0 Å². The van der Waals surface area contributed by atoms with Gasteiger partial charge in [-0.2, -0.15) is 4.98 Å². The van der Waals surface area contributed by atoms with Crippen molar-refractivity contribution in [3.05, 3.63) is 77.8 Å². The molecule has 0 saturated carbocycles. The number of fused-ring (bicyclic) bond motifs is 1. The molecule has 0 aliphatic carbocycles. The first kappa shape index (κ1) is 24.2. The summed E-state index contributed by atoms with van der Waals surface area (Å²) in [5.74, 6) is 1.19. The minimum absolute atomic E-state index is 0.121. The maximum Gasteiger partial charge on any atom is 0.325 e. The van der Waals surface area contributed by atoms with E-state index in [2.05, 4.69) is 44.7 Å². The zero-order valence-electron chi connectivity index (χ0n) is 18.9. The highest BCUT2D eigenvalue weighted by molar-refractivity contribution is 7.51. The number of aromatic nitrogens is 3. The van der Waals surface area contributed by atoms with Crippen LogP contribution in [-0.2, 0) is 24.0 Å². The van der Waals surface area contributed by atoms with E-state index >= 15 is 0 Å². The molecule has 178 valence electrons. The minimum Gasteiger partial charge on any atom is -0.339 e. The van der Waals surface area contributed by atoms with Gasteiger partial charge in [0, 0.05) is 30.1 Å². The maximum atomic E-state index is 11.0. The first-order valence-electron chi connectivity index (χ1n) is 11.5.